The molecule has 1 aliphatic rings. The molecule has 100 valence electrons. The Morgan fingerprint density at radius 3 is 2.89 bits per heavy atom. The van der Waals surface area contributed by atoms with Gasteiger partial charge in [-0.2, -0.15) is 0 Å². The molecule has 1 fully saturated rings. The van der Waals surface area contributed by atoms with Crippen LogP contribution >= 0.6 is 0 Å². The van der Waals surface area contributed by atoms with E-state index in [0.717, 1.165) is 12.6 Å². The van der Waals surface area contributed by atoms with Crippen molar-refractivity contribution in [1.29, 1.82) is 0 Å². The van der Waals surface area contributed by atoms with Crippen molar-refractivity contribution >= 4 is 0 Å². The third-order valence-corrected chi connectivity index (χ3v) is 3.95. The molecule has 0 radical (unpaired) electrons. The van der Waals surface area contributed by atoms with Crippen molar-refractivity contribution in [2.75, 3.05) is 26.2 Å². The lowest BCUT2D eigenvalue weighted by Crippen LogP contribution is -2.38. The predicted molar refractivity (Wildman–Crippen MR) is 77.9 cm³/mol. The largest absolute Gasteiger partial charge is 0.315 e. The minimum atomic E-state index is 0.784. The van der Waals surface area contributed by atoms with Crippen LogP contribution in [0.25, 0.3) is 0 Å². The molecule has 18 heavy (non-hydrogen) atoms. The first kappa shape index (κ1) is 13.6. The molecule has 0 saturated carbocycles. The van der Waals surface area contributed by atoms with Gasteiger partial charge in [0, 0.05) is 12.6 Å². The number of nitrogens with one attached hydrogen (secondary N) is 1. The van der Waals surface area contributed by atoms with Gasteiger partial charge in [0.1, 0.15) is 0 Å². The first-order valence-electron chi connectivity index (χ1n) is 7.39. The van der Waals surface area contributed by atoms with Gasteiger partial charge < -0.3 is 5.32 Å². The predicted octanol–water partition coefficient (Wildman–Crippen LogP) is 2.69. The Kier molecular flexibility index (Phi) is 5.69. The molecule has 0 bridgehead atoms. The second-order valence-corrected chi connectivity index (χ2v) is 5.22. The Morgan fingerprint density at radius 2 is 2.11 bits per heavy atom. The van der Waals surface area contributed by atoms with Crippen molar-refractivity contribution in [3.8, 4) is 0 Å². The van der Waals surface area contributed by atoms with Crippen LogP contribution in [-0.2, 0) is 6.42 Å². The topological polar surface area (TPSA) is 15.3 Å². The summed E-state index contributed by atoms with van der Waals surface area (Å²) in [5, 5.41) is 3.62. The van der Waals surface area contributed by atoms with Gasteiger partial charge in [-0.25, -0.2) is 0 Å². The second-order valence-electron chi connectivity index (χ2n) is 5.22. The molecule has 1 N–H and O–H groups in total. The van der Waals surface area contributed by atoms with Crippen LogP contribution in [0, 0.1) is 0 Å². The summed E-state index contributed by atoms with van der Waals surface area (Å²) in [4.78, 5) is 2.60. The zero-order chi connectivity index (χ0) is 12.6. The minimum absolute atomic E-state index is 0.784. The van der Waals surface area contributed by atoms with E-state index in [1.807, 2.05) is 0 Å². The molecule has 2 nitrogen and oxygen atoms in total. The van der Waals surface area contributed by atoms with Gasteiger partial charge in [-0.3, -0.25) is 4.90 Å². The van der Waals surface area contributed by atoms with E-state index < -0.39 is 0 Å². The van der Waals surface area contributed by atoms with E-state index in [9.17, 15) is 0 Å². The van der Waals surface area contributed by atoms with Crippen molar-refractivity contribution in [3.63, 3.8) is 0 Å². The molecule has 2 rings (SSSR count). The van der Waals surface area contributed by atoms with Gasteiger partial charge >= 0.3 is 0 Å². The van der Waals surface area contributed by atoms with E-state index >= 15 is 0 Å². The fourth-order valence-corrected chi connectivity index (χ4v) is 2.87. The van der Waals surface area contributed by atoms with Crippen LogP contribution in [0.3, 0.4) is 0 Å². The molecular formula is C16H26N2. The molecule has 1 heterocycles. The van der Waals surface area contributed by atoms with Crippen molar-refractivity contribution in [1.82, 2.24) is 10.2 Å². The average Bonchev–Trinajstić information content (AvgIpc) is 2.87. The molecule has 1 unspecified atom stereocenters. The van der Waals surface area contributed by atoms with Gasteiger partial charge in [-0.15, -0.1) is 0 Å². The van der Waals surface area contributed by atoms with Crippen LogP contribution in [0.5, 0.6) is 0 Å². The number of hydrogen-bond acceptors (Lipinski definition) is 2. The second kappa shape index (κ2) is 7.55. The summed E-state index contributed by atoms with van der Waals surface area (Å²) >= 11 is 0. The van der Waals surface area contributed by atoms with E-state index in [0.29, 0.717) is 0 Å². The third-order valence-electron chi connectivity index (χ3n) is 3.95. The molecule has 0 amide bonds. The molecule has 0 aromatic heterocycles. The maximum atomic E-state index is 3.62. The van der Waals surface area contributed by atoms with Crippen LogP contribution < -0.4 is 5.32 Å². The Morgan fingerprint density at radius 1 is 1.28 bits per heavy atom. The molecule has 1 atom stereocenters. The number of likely N-dealkylation sites (tertiary alicyclic amines) is 1. The molecule has 1 aliphatic heterocycles. The minimum Gasteiger partial charge on any atom is -0.315 e. The fraction of sp³-hybridized carbons (Fsp3) is 0.625. The van der Waals surface area contributed by atoms with Gasteiger partial charge in [0.2, 0.25) is 0 Å². The number of nitrogens with zero attached hydrogens (tertiary/aromatic N) is 1. The summed E-state index contributed by atoms with van der Waals surface area (Å²) in [6.07, 6.45) is 5.18. The number of likely N-dealkylation sites (N-methyl/N-ethyl adjacent to an activating group) is 1. The van der Waals surface area contributed by atoms with E-state index in [1.165, 1.54) is 50.9 Å². The van der Waals surface area contributed by atoms with Crippen LogP contribution in [0.1, 0.15) is 31.7 Å². The van der Waals surface area contributed by atoms with Gasteiger partial charge in [-0.05, 0) is 50.9 Å². The fourth-order valence-electron chi connectivity index (χ4n) is 2.87. The lowest BCUT2D eigenvalue weighted by atomic mass is 10.1. The SMILES string of the molecule is CCN1CCCC1CNCCCc1ccccc1. The number of rotatable bonds is 7. The summed E-state index contributed by atoms with van der Waals surface area (Å²) in [7, 11) is 0. The monoisotopic (exact) mass is 246 g/mol. The Balaban J connectivity index is 1.56. The summed E-state index contributed by atoms with van der Waals surface area (Å²) in [6.45, 7) is 7.09. The van der Waals surface area contributed by atoms with E-state index in [1.54, 1.807) is 0 Å². The Labute approximate surface area is 111 Å². The molecule has 1 aromatic rings. The normalized spacial score (nSPS) is 20.4. The Bertz CT molecular complexity index is 323. The smallest absolute Gasteiger partial charge is 0.0220 e. The number of benzene rings is 1. The zero-order valence-electron chi connectivity index (χ0n) is 11.6. The summed E-state index contributed by atoms with van der Waals surface area (Å²) in [5.74, 6) is 0. The van der Waals surface area contributed by atoms with E-state index in [2.05, 4.69) is 47.5 Å². The van der Waals surface area contributed by atoms with Crippen LogP contribution in [-0.4, -0.2) is 37.1 Å². The van der Waals surface area contributed by atoms with Gasteiger partial charge in [-0.1, -0.05) is 37.3 Å². The van der Waals surface area contributed by atoms with Crippen molar-refractivity contribution in [2.45, 2.75) is 38.6 Å². The van der Waals surface area contributed by atoms with Crippen LogP contribution in [0.2, 0.25) is 0 Å². The molecule has 1 saturated heterocycles. The van der Waals surface area contributed by atoms with Gasteiger partial charge in [0.15, 0.2) is 0 Å². The standard InChI is InChI=1S/C16H26N2/c1-2-18-13-7-11-16(18)14-17-12-6-10-15-8-4-3-5-9-15/h3-5,8-9,16-17H,2,6-7,10-14H2,1H3. The lowest BCUT2D eigenvalue weighted by Gasteiger charge is -2.22. The summed E-state index contributed by atoms with van der Waals surface area (Å²) < 4.78 is 0. The van der Waals surface area contributed by atoms with E-state index in [-0.39, 0.29) is 0 Å². The first-order valence-corrected chi connectivity index (χ1v) is 7.39. The molecule has 0 aliphatic carbocycles. The zero-order valence-corrected chi connectivity index (χ0v) is 11.6. The summed E-state index contributed by atoms with van der Waals surface area (Å²) in [5.41, 5.74) is 1.45. The average molecular weight is 246 g/mol. The third kappa shape index (κ3) is 4.11. The van der Waals surface area contributed by atoms with Crippen molar-refractivity contribution in [3.05, 3.63) is 35.9 Å². The molecule has 0 spiro atoms. The first-order chi connectivity index (χ1) is 8.90. The molecule has 1 aromatic carbocycles. The highest BCUT2D eigenvalue weighted by molar-refractivity contribution is 5.14. The Hall–Kier alpha value is -0.860. The maximum Gasteiger partial charge on any atom is 0.0220 e. The maximum absolute atomic E-state index is 3.62. The van der Waals surface area contributed by atoms with Crippen LogP contribution in [0.15, 0.2) is 30.3 Å². The van der Waals surface area contributed by atoms with Crippen molar-refractivity contribution in [2.24, 2.45) is 0 Å². The molecular weight excluding hydrogens is 220 g/mol. The highest BCUT2D eigenvalue weighted by Gasteiger charge is 2.21. The van der Waals surface area contributed by atoms with Gasteiger partial charge in [0.25, 0.3) is 0 Å². The quantitative estimate of drug-likeness (QED) is 0.744. The lowest BCUT2D eigenvalue weighted by molar-refractivity contribution is 0.260. The van der Waals surface area contributed by atoms with Crippen molar-refractivity contribution < 1.29 is 0 Å². The number of hydrogen-bond donors (Lipinski definition) is 1. The van der Waals surface area contributed by atoms with Crippen LogP contribution in [0.4, 0.5) is 0 Å². The highest BCUT2D eigenvalue weighted by Crippen LogP contribution is 2.15. The van der Waals surface area contributed by atoms with E-state index in [4.69, 9.17) is 0 Å². The number of aryl methyl sites for hydroxylation is 1. The summed E-state index contributed by atoms with van der Waals surface area (Å²) in [6, 6.07) is 11.6. The highest BCUT2D eigenvalue weighted by atomic mass is 15.2. The van der Waals surface area contributed by atoms with Gasteiger partial charge in [0.05, 0.1) is 0 Å². The molecule has 2 heteroatoms.